The van der Waals surface area contributed by atoms with Gasteiger partial charge in [0.1, 0.15) is 17.8 Å². The molecule has 0 saturated carbocycles. The van der Waals surface area contributed by atoms with Crippen molar-refractivity contribution in [2.24, 2.45) is 0 Å². The van der Waals surface area contributed by atoms with Gasteiger partial charge in [0.15, 0.2) is 5.78 Å². The molecule has 0 aromatic rings. The van der Waals surface area contributed by atoms with Crippen molar-refractivity contribution in [2.75, 3.05) is 20.3 Å². The molecule has 0 spiro atoms. The molecule has 0 bridgehead atoms. The van der Waals surface area contributed by atoms with E-state index in [1.165, 1.54) is 14.0 Å². The summed E-state index contributed by atoms with van der Waals surface area (Å²) in [7, 11) is 1.20. The Balaban J connectivity index is 4.59. The summed E-state index contributed by atoms with van der Waals surface area (Å²) in [5, 5.41) is 35.6. The highest BCUT2D eigenvalue weighted by molar-refractivity contribution is 5.91. The van der Waals surface area contributed by atoms with E-state index in [0.29, 0.717) is 0 Å². The summed E-state index contributed by atoms with van der Waals surface area (Å²) < 4.78 is 4.71. The highest BCUT2D eigenvalue weighted by Gasteiger charge is 2.39. The third-order valence-electron chi connectivity index (χ3n) is 2.09. The number of ether oxygens (including phenoxy) is 1. The lowest BCUT2D eigenvalue weighted by molar-refractivity contribution is -0.159. The molecule has 0 aromatic carbocycles. The minimum Gasteiger partial charge on any atom is -0.394 e. The van der Waals surface area contributed by atoms with Gasteiger partial charge in [-0.25, -0.2) is 0 Å². The molecule has 0 aliphatic carbocycles. The van der Waals surface area contributed by atoms with Crippen LogP contribution in [0.3, 0.4) is 0 Å². The zero-order valence-electron chi connectivity index (χ0n) is 8.17. The summed E-state index contributed by atoms with van der Waals surface area (Å²) in [6, 6.07) is 0. The Labute approximate surface area is 81.7 Å². The molecule has 0 saturated heterocycles. The third-order valence-corrected chi connectivity index (χ3v) is 2.09. The molecule has 6 nitrogen and oxygen atoms in total. The average Bonchev–Trinajstić information content (AvgIpc) is 2.24. The molecule has 0 aliphatic heterocycles. The lowest BCUT2D eigenvalue weighted by atomic mass is 9.94. The van der Waals surface area contributed by atoms with Crippen molar-refractivity contribution in [3.63, 3.8) is 0 Å². The predicted molar refractivity (Wildman–Crippen MR) is 46.6 cm³/mol. The minimum absolute atomic E-state index is 0.614. The number of hydrogen-bond donors (Lipinski definition) is 4. The van der Waals surface area contributed by atoms with Crippen LogP contribution in [0.5, 0.6) is 0 Å². The van der Waals surface area contributed by atoms with Gasteiger partial charge in [0.05, 0.1) is 13.2 Å². The van der Waals surface area contributed by atoms with E-state index in [2.05, 4.69) is 0 Å². The van der Waals surface area contributed by atoms with E-state index in [0.717, 1.165) is 0 Å². The first-order valence-electron chi connectivity index (χ1n) is 4.10. The van der Waals surface area contributed by atoms with Crippen molar-refractivity contribution in [2.45, 2.75) is 24.7 Å². The fraction of sp³-hybridized carbons (Fsp3) is 0.875. The summed E-state index contributed by atoms with van der Waals surface area (Å²) in [5.41, 5.74) is -1.56. The van der Waals surface area contributed by atoms with Gasteiger partial charge < -0.3 is 25.2 Å². The summed E-state index contributed by atoms with van der Waals surface area (Å²) >= 11 is 0. The quantitative estimate of drug-likeness (QED) is 0.390. The smallest absolute Gasteiger partial charge is 0.197 e. The van der Waals surface area contributed by atoms with Crippen LogP contribution in [0.2, 0.25) is 0 Å². The third kappa shape index (κ3) is 2.73. The molecular formula is C8H16O6. The second kappa shape index (κ2) is 5.38. The maximum Gasteiger partial charge on any atom is 0.197 e. The maximum atomic E-state index is 11.4. The van der Waals surface area contributed by atoms with Crippen LogP contribution in [-0.2, 0) is 9.53 Å². The summed E-state index contributed by atoms with van der Waals surface area (Å²) in [4.78, 5) is 11.4. The van der Waals surface area contributed by atoms with Crippen LogP contribution in [0.1, 0.15) is 6.92 Å². The lowest BCUT2D eigenvalue weighted by Gasteiger charge is -2.27. The number of aliphatic hydroxyl groups is 4. The first kappa shape index (κ1) is 13.5. The molecule has 3 unspecified atom stereocenters. The van der Waals surface area contributed by atoms with Gasteiger partial charge in [-0.1, -0.05) is 0 Å². The van der Waals surface area contributed by atoms with E-state index in [9.17, 15) is 9.90 Å². The summed E-state index contributed by atoms with van der Waals surface area (Å²) in [5.74, 6) is -0.871. The summed E-state index contributed by atoms with van der Waals surface area (Å²) in [6.45, 7) is -0.0711. The lowest BCUT2D eigenvalue weighted by Crippen LogP contribution is -2.51. The average molecular weight is 208 g/mol. The second-order valence-electron chi connectivity index (χ2n) is 3.15. The van der Waals surface area contributed by atoms with Gasteiger partial charge in [-0.3, -0.25) is 4.79 Å². The van der Waals surface area contributed by atoms with Crippen molar-refractivity contribution in [3.05, 3.63) is 0 Å². The number of rotatable bonds is 6. The number of ketones is 1. The van der Waals surface area contributed by atoms with Crippen LogP contribution in [0.15, 0.2) is 0 Å². The molecule has 0 amide bonds. The van der Waals surface area contributed by atoms with E-state index in [1.807, 2.05) is 0 Å². The predicted octanol–water partition coefficient (Wildman–Crippen LogP) is -2.33. The largest absolute Gasteiger partial charge is 0.394 e. The molecular weight excluding hydrogens is 192 g/mol. The molecule has 0 radical (unpaired) electrons. The van der Waals surface area contributed by atoms with Crippen molar-refractivity contribution >= 4 is 5.78 Å². The standard InChI is InChI=1S/C8H16O6/c1-8(4-10,14-2)7(13)6(12)5(11)3-9/h5-6,9-12H,3-4H2,1-2H3. The Kier molecular flexibility index (Phi) is 5.17. The number of hydrogen-bond acceptors (Lipinski definition) is 6. The highest BCUT2D eigenvalue weighted by Crippen LogP contribution is 2.13. The summed E-state index contributed by atoms with van der Waals surface area (Å²) in [6.07, 6.45) is -3.33. The molecule has 4 N–H and O–H groups in total. The zero-order chi connectivity index (χ0) is 11.4. The maximum absolute atomic E-state index is 11.4. The van der Waals surface area contributed by atoms with Gasteiger partial charge in [0, 0.05) is 7.11 Å². The number of carbonyl (C=O) groups is 1. The Bertz CT molecular complexity index is 188. The number of Topliss-reactive ketones (excluding diaryl/α,β-unsaturated/α-hetero) is 1. The molecule has 6 heteroatoms. The normalized spacial score (nSPS) is 19.9. The molecule has 0 aromatic heterocycles. The first-order chi connectivity index (χ1) is 6.42. The fourth-order valence-corrected chi connectivity index (χ4v) is 0.830. The second-order valence-corrected chi connectivity index (χ2v) is 3.15. The van der Waals surface area contributed by atoms with Crippen molar-refractivity contribution in [1.82, 2.24) is 0 Å². The van der Waals surface area contributed by atoms with Crippen LogP contribution in [0, 0.1) is 0 Å². The van der Waals surface area contributed by atoms with E-state index < -0.39 is 36.8 Å². The van der Waals surface area contributed by atoms with Gasteiger partial charge >= 0.3 is 0 Å². The molecule has 0 aliphatic rings. The van der Waals surface area contributed by atoms with Crippen molar-refractivity contribution in [3.8, 4) is 0 Å². The van der Waals surface area contributed by atoms with Crippen molar-refractivity contribution < 1.29 is 30.0 Å². The zero-order valence-corrected chi connectivity index (χ0v) is 8.17. The molecule has 3 atom stereocenters. The number of aliphatic hydroxyl groups excluding tert-OH is 4. The van der Waals surface area contributed by atoms with Crippen LogP contribution in [0.25, 0.3) is 0 Å². The van der Waals surface area contributed by atoms with Crippen molar-refractivity contribution in [1.29, 1.82) is 0 Å². The van der Waals surface area contributed by atoms with Gasteiger partial charge in [0.25, 0.3) is 0 Å². The van der Waals surface area contributed by atoms with Gasteiger partial charge in [-0.15, -0.1) is 0 Å². The van der Waals surface area contributed by atoms with E-state index in [-0.39, 0.29) is 0 Å². The monoisotopic (exact) mass is 208 g/mol. The fourth-order valence-electron chi connectivity index (χ4n) is 0.830. The molecule has 0 heterocycles. The van der Waals surface area contributed by atoms with Crippen LogP contribution in [0.4, 0.5) is 0 Å². The number of methoxy groups -OCH3 is 1. The molecule has 84 valence electrons. The Morgan fingerprint density at radius 2 is 1.93 bits per heavy atom. The molecule has 14 heavy (non-hydrogen) atoms. The van der Waals surface area contributed by atoms with E-state index in [4.69, 9.17) is 20.1 Å². The Morgan fingerprint density at radius 1 is 1.43 bits per heavy atom. The van der Waals surface area contributed by atoms with Gasteiger partial charge in [-0.05, 0) is 6.92 Å². The number of carbonyl (C=O) groups excluding carboxylic acids is 1. The van der Waals surface area contributed by atoms with Gasteiger partial charge in [-0.2, -0.15) is 0 Å². The van der Waals surface area contributed by atoms with Crippen LogP contribution in [-0.4, -0.2) is 64.3 Å². The van der Waals surface area contributed by atoms with Crippen LogP contribution < -0.4 is 0 Å². The first-order valence-corrected chi connectivity index (χ1v) is 4.10. The Morgan fingerprint density at radius 3 is 2.21 bits per heavy atom. The highest BCUT2D eigenvalue weighted by atomic mass is 16.5. The molecule has 0 fully saturated rings. The topological polar surface area (TPSA) is 107 Å². The SMILES string of the molecule is COC(C)(CO)C(=O)C(O)C(O)CO. The van der Waals surface area contributed by atoms with Crippen LogP contribution >= 0.6 is 0 Å². The van der Waals surface area contributed by atoms with Gasteiger partial charge in [0.2, 0.25) is 0 Å². The molecule has 0 rings (SSSR count). The Hall–Kier alpha value is -0.530. The van der Waals surface area contributed by atoms with E-state index >= 15 is 0 Å². The minimum atomic E-state index is -1.77. The van der Waals surface area contributed by atoms with E-state index in [1.54, 1.807) is 0 Å².